The predicted molar refractivity (Wildman–Crippen MR) is 131 cm³/mol. The minimum absolute atomic E-state index is 1.06. The molecule has 0 spiro atoms. The van der Waals surface area contributed by atoms with Crippen molar-refractivity contribution in [2.24, 2.45) is 0 Å². The van der Waals surface area contributed by atoms with E-state index in [1.54, 1.807) is 0 Å². The summed E-state index contributed by atoms with van der Waals surface area (Å²) in [6.45, 7) is 0. The molecule has 0 atom stereocenters. The number of hydrogen-bond donors (Lipinski definition) is 0. The molecule has 0 fully saturated rings. The van der Waals surface area contributed by atoms with Crippen LogP contribution in [-0.4, -0.2) is 19.1 Å². The van der Waals surface area contributed by atoms with Gasteiger partial charge in [-0.1, -0.05) is 36.4 Å². The largest absolute Gasteiger partial charge is 0.309 e. The van der Waals surface area contributed by atoms with Gasteiger partial charge in [-0.25, -0.2) is 0 Å². The van der Waals surface area contributed by atoms with Gasteiger partial charge in [0.1, 0.15) is 0 Å². The maximum atomic E-state index is 4.38. The second-order valence-electron chi connectivity index (χ2n) is 8.01. The highest BCUT2D eigenvalue weighted by Crippen LogP contribution is 2.39. The van der Waals surface area contributed by atoms with E-state index in [0.717, 1.165) is 11.4 Å². The first-order valence-electron chi connectivity index (χ1n) is 10.7. The minimum Gasteiger partial charge on any atom is -0.309 e. The van der Waals surface area contributed by atoms with E-state index in [-0.39, 0.29) is 0 Å². The van der Waals surface area contributed by atoms with Crippen molar-refractivity contribution in [1.82, 2.24) is 19.1 Å². The topological polar surface area (TPSA) is 35.6 Å². The third-order valence-electron chi connectivity index (χ3n) is 6.29. The van der Waals surface area contributed by atoms with Gasteiger partial charge in [0, 0.05) is 45.8 Å². The first kappa shape index (κ1) is 17.3. The Morgan fingerprint density at radius 1 is 0.438 bits per heavy atom. The van der Waals surface area contributed by atoms with Gasteiger partial charge in [0.25, 0.3) is 0 Å². The van der Waals surface area contributed by atoms with Gasteiger partial charge in [-0.05, 0) is 48.5 Å². The van der Waals surface area contributed by atoms with Crippen molar-refractivity contribution in [3.63, 3.8) is 0 Å². The molecule has 0 aliphatic heterocycles. The normalized spacial score (nSPS) is 11.8. The zero-order valence-corrected chi connectivity index (χ0v) is 17.2. The number of pyridine rings is 2. The van der Waals surface area contributed by atoms with Gasteiger partial charge in [-0.15, -0.1) is 0 Å². The van der Waals surface area contributed by atoms with E-state index in [4.69, 9.17) is 0 Å². The van der Waals surface area contributed by atoms with Crippen LogP contribution in [-0.2, 0) is 0 Å². The molecule has 32 heavy (non-hydrogen) atoms. The Morgan fingerprint density at radius 3 is 1.69 bits per heavy atom. The summed E-state index contributed by atoms with van der Waals surface area (Å²) >= 11 is 0. The second-order valence-corrected chi connectivity index (χ2v) is 8.01. The van der Waals surface area contributed by atoms with Crippen LogP contribution in [0.4, 0.5) is 0 Å². The van der Waals surface area contributed by atoms with Gasteiger partial charge in [0.2, 0.25) is 0 Å². The lowest BCUT2D eigenvalue weighted by Crippen LogP contribution is -1.96. The van der Waals surface area contributed by atoms with Crippen LogP contribution in [0, 0.1) is 0 Å². The van der Waals surface area contributed by atoms with E-state index in [2.05, 4.69) is 98.0 Å². The highest BCUT2D eigenvalue weighted by Gasteiger charge is 2.18. The fourth-order valence-corrected chi connectivity index (χ4v) is 4.97. The Hall–Kier alpha value is -4.44. The van der Waals surface area contributed by atoms with E-state index >= 15 is 0 Å². The first-order chi connectivity index (χ1) is 15.9. The summed E-state index contributed by atoms with van der Waals surface area (Å²) in [4.78, 5) is 8.61. The fraction of sp³-hybridized carbons (Fsp3) is 0. The SMILES string of the molecule is c1cncc(-n2c3ccccc3c3cc4c5ccccc5n(-c5ccncc5)c4cc32)c1. The summed E-state index contributed by atoms with van der Waals surface area (Å²) in [6, 6.07) is 30.1. The van der Waals surface area contributed by atoms with Crippen molar-refractivity contribution in [2.75, 3.05) is 0 Å². The second kappa shape index (κ2) is 6.53. The molecule has 0 saturated heterocycles. The van der Waals surface area contributed by atoms with Gasteiger partial charge >= 0.3 is 0 Å². The number of aromatic nitrogens is 4. The first-order valence-corrected chi connectivity index (χ1v) is 10.7. The number of rotatable bonds is 2. The standard InChI is InChI=1S/C28H18N4/c1-3-9-25-21(7-1)23-16-24-22-8-2-4-10-26(22)32(20-6-5-13-30-18-20)28(24)17-27(23)31(25)19-11-14-29-15-12-19/h1-18H. The Balaban J connectivity index is 1.71. The van der Waals surface area contributed by atoms with Crippen LogP contribution < -0.4 is 0 Å². The van der Waals surface area contributed by atoms with E-state index in [9.17, 15) is 0 Å². The van der Waals surface area contributed by atoms with Gasteiger partial charge < -0.3 is 9.13 Å². The number of benzene rings is 3. The van der Waals surface area contributed by atoms with Crippen LogP contribution in [0.5, 0.6) is 0 Å². The third kappa shape index (κ3) is 2.32. The Kier molecular flexibility index (Phi) is 3.52. The summed E-state index contributed by atoms with van der Waals surface area (Å²) in [7, 11) is 0. The fourth-order valence-electron chi connectivity index (χ4n) is 4.97. The van der Waals surface area contributed by atoms with Gasteiger partial charge in [0.05, 0.1) is 34.0 Å². The van der Waals surface area contributed by atoms with Crippen LogP contribution in [0.2, 0.25) is 0 Å². The minimum atomic E-state index is 1.06. The average molecular weight is 410 g/mol. The summed E-state index contributed by atoms with van der Waals surface area (Å²) in [5, 5.41) is 4.99. The maximum Gasteiger partial charge on any atom is 0.0645 e. The van der Waals surface area contributed by atoms with E-state index in [1.165, 1.54) is 43.6 Å². The lowest BCUT2D eigenvalue weighted by Gasteiger charge is -2.09. The van der Waals surface area contributed by atoms with Crippen molar-refractivity contribution < 1.29 is 0 Å². The Bertz CT molecular complexity index is 1630. The van der Waals surface area contributed by atoms with Crippen LogP contribution >= 0.6 is 0 Å². The third-order valence-corrected chi connectivity index (χ3v) is 6.29. The molecule has 0 unspecified atom stereocenters. The van der Waals surface area contributed by atoms with Crippen molar-refractivity contribution in [2.45, 2.75) is 0 Å². The molecule has 150 valence electrons. The smallest absolute Gasteiger partial charge is 0.0645 e. The highest BCUT2D eigenvalue weighted by molar-refractivity contribution is 6.19. The lowest BCUT2D eigenvalue weighted by molar-refractivity contribution is 1.13. The molecule has 7 rings (SSSR count). The molecular formula is C28H18N4. The van der Waals surface area contributed by atoms with E-state index in [0.29, 0.717) is 0 Å². The number of hydrogen-bond acceptors (Lipinski definition) is 2. The Labute approximate surface area is 184 Å². The zero-order chi connectivity index (χ0) is 21.1. The molecular weight excluding hydrogens is 392 g/mol. The summed E-state index contributed by atoms with van der Waals surface area (Å²) in [5.74, 6) is 0. The van der Waals surface area contributed by atoms with Crippen molar-refractivity contribution >= 4 is 43.6 Å². The molecule has 4 heteroatoms. The lowest BCUT2D eigenvalue weighted by atomic mass is 10.1. The zero-order valence-electron chi connectivity index (χ0n) is 17.2. The molecule has 3 aromatic carbocycles. The van der Waals surface area contributed by atoms with Crippen LogP contribution in [0.25, 0.3) is 55.0 Å². The molecule has 0 radical (unpaired) electrons. The molecule has 0 N–H and O–H groups in total. The van der Waals surface area contributed by atoms with E-state index in [1.807, 2.05) is 30.9 Å². The van der Waals surface area contributed by atoms with Gasteiger partial charge in [0.15, 0.2) is 0 Å². The summed E-state index contributed by atoms with van der Waals surface area (Å²) in [6.07, 6.45) is 7.44. The van der Waals surface area contributed by atoms with Crippen molar-refractivity contribution in [3.8, 4) is 11.4 Å². The van der Waals surface area contributed by atoms with Crippen LogP contribution in [0.15, 0.2) is 110 Å². The molecule has 4 heterocycles. The predicted octanol–water partition coefficient (Wildman–Crippen LogP) is 6.67. The van der Waals surface area contributed by atoms with Crippen LogP contribution in [0.1, 0.15) is 0 Å². The molecule has 0 bridgehead atoms. The maximum absolute atomic E-state index is 4.38. The van der Waals surface area contributed by atoms with E-state index < -0.39 is 0 Å². The quantitative estimate of drug-likeness (QED) is 0.319. The van der Waals surface area contributed by atoms with Crippen molar-refractivity contribution in [3.05, 3.63) is 110 Å². The van der Waals surface area contributed by atoms with Crippen LogP contribution in [0.3, 0.4) is 0 Å². The van der Waals surface area contributed by atoms with Gasteiger partial charge in [-0.3, -0.25) is 9.97 Å². The molecule has 0 aliphatic carbocycles. The molecule has 0 saturated carbocycles. The average Bonchev–Trinajstić information content (AvgIpc) is 3.36. The molecule has 4 nitrogen and oxygen atoms in total. The summed E-state index contributed by atoms with van der Waals surface area (Å²) < 4.78 is 4.64. The molecule has 4 aromatic heterocycles. The molecule has 0 aliphatic rings. The Morgan fingerprint density at radius 2 is 1.06 bits per heavy atom. The monoisotopic (exact) mass is 410 g/mol. The number of fused-ring (bicyclic) bond motifs is 6. The molecule has 0 amide bonds. The molecule has 7 aromatic rings. The van der Waals surface area contributed by atoms with Crippen molar-refractivity contribution in [1.29, 1.82) is 0 Å². The van der Waals surface area contributed by atoms with Gasteiger partial charge in [-0.2, -0.15) is 0 Å². The number of nitrogens with zero attached hydrogens (tertiary/aromatic N) is 4. The number of para-hydroxylation sites is 2. The highest BCUT2D eigenvalue weighted by atomic mass is 15.0. The summed E-state index contributed by atoms with van der Waals surface area (Å²) in [5.41, 5.74) is 6.89.